The fraction of sp³-hybridized carbons (Fsp3) is 0.381. The summed E-state index contributed by atoms with van der Waals surface area (Å²) >= 11 is 5.59. The van der Waals surface area contributed by atoms with Crippen molar-refractivity contribution >= 4 is 29.0 Å². The van der Waals surface area contributed by atoms with Gasteiger partial charge >= 0.3 is 5.97 Å². The van der Waals surface area contributed by atoms with E-state index in [1.807, 2.05) is 37.4 Å². The molecule has 27 heavy (non-hydrogen) atoms. The quantitative estimate of drug-likeness (QED) is 0.592. The molecule has 2 aromatic rings. The van der Waals surface area contributed by atoms with Gasteiger partial charge in [0.15, 0.2) is 5.11 Å². The van der Waals surface area contributed by atoms with E-state index in [2.05, 4.69) is 21.7 Å². The van der Waals surface area contributed by atoms with Gasteiger partial charge in [0, 0.05) is 11.9 Å². The van der Waals surface area contributed by atoms with E-state index in [-0.39, 0.29) is 11.5 Å². The second kappa shape index (κ2) is 8.48. The number of aryl methyl sites for hydroxylation is 1. The number of esters is 1. The zero-order valence-corrected chi connectivity index (χ0v) is 16.6. The van der Waals surface area contributed by atoms with Gasteiger partial charge in [-0.3, -0.25) is 4.98 Å². The van der Waals surface area contributed by atoms with E-state index in [4.69, 9.17) is 17.0 Å². The van der Waals surface area contributed by atoms with Crippen molar-refractivity contribution in [1.29, 1.82) is 0 Å². The van der Waals surface area contributed by atoms with E-state index in [0.717, 1.165) is 42.6 Å². The van der Waals surface area contributed by atoms with Crippen molar-refractivity contribution < 1.29 is 9.53 Å². The maximum atomic E-state index is 11.9. The molecule has 2 N–H and O–H groups in total. The van der Waals surface area contributed by atoms with Crippen LogP contribution in [0.5, 0.6) is 0 Å². The Labute approximate surface area is 165 Å². The SMILES string of the molecule is CCOC(=O)c1ccc(NC(=S)NC2(c3ccccn3)CCCC2)c(C)c1. The van der Waals surface area contributed by atoms with Crippen LogP contribution in [-0.4, -0.2) is 22.7 Å². The maximum Gasteiger partial charge on any atom is 0.338 e. The largest absolute Gasteiger partial charge is 0.462 e. The number of aromatic nitrogens is 1. The summed E-state index contributed by atoms with van der Waals surface area (Å²) in [4.78, 5) is 16.4. The van der Waals surface area contributed by atoms with E-state index in [0.29, 0.717) is 17.3 Å². The van der Waals surface area contributed by atoms with Crippen LogP contribution in [0.3, 0.4) is 0 Å². The molecule has 142 valence electrons. The summed E-state index contributed by atoms with van der Waals surface area (Å²) in [6.45, 7) is 4.10. The van der Waals surface area contributed by atoms with Gasteiger partial charge in [-0.2, -0.15) is 0 Å². The van der Waals surface area contributed by atoms with E-state index in [9.17, 15) is 4.79 Å². The van der Waals surface area contributed by atoms with Crippen LogP contribution in [-0.2, 0) is 10.3 Å². The van der Waals surface area contributed by atoms with Crippen molar-refractivity contribution in [2.24, 2.45) is 0 Å². The van der Waals surface area contributed by atoms with Gasteiger partial charge in [0.25, 0.3) is 0 Å². The second-order valence-corrected chi connectivity index (χ2v) is 7.24. The number of thiocarbonyl (C=S) groups is 1. The van der Waals surface area contributed by atoms with Crippen LogP contribution in [0, 0.1) is 6.92 Å². The summed E-state index contributed by atoms with van der Waals surface area (Å²) in [6, 6.07) is 11.4. The van der Waals surface area contributed by atoms with E-state index >= 15 is 0 Å². The standard InChI is InChI=1S/C21H25N3O2S/c1-3-26-19(25)16-9-10-17(15(2)14-16)23-20(27)24-21(11-5-6-12-21)18-8-4-7-13-22-18/h4,7-10,13-14H,3,5-6,11-12H2,1-2H3,(H2,23,24,27). The molecule has 1 fully saturated rings. The minimum Gasteiger partial charge on any atom is -0.462 e. The Kier molecular flexibility index (Phi) is 6.06. The summed E-state index contributed by atoms with van der Waals surface area (Å²) in [5.74, 6) is -0.312. The number of anilines is 1. The lowest BCUT2D eigenvalue weighted by molar-refractivity contribution is 0.0526. The number of rotatable bonds is 5. The third-order valence-electron chi connectivity index (χ3n) is 4.95. The molecule has 5 nitrogen and oxygen atoms in total. The summed E-state index contributed by atoms with van der Waals surface area (Å²) < 4.78 is 5.05. The Morgan fingerprint density at radius 2 is 2.04 bits per heavy atom. The molecule has 1 saturated carbocycles. The number of nitrogens with zero attached hydrogens (tertiary/aromatic N) is 1. The summed E-state index contributed by atoms with van der Waals surface area (Å²) in [7, 11) is 0. The van der Waals surface area contributed by atoms with Gasteiger partial charge in [-0.05, 0) is 74.8 Å². The molecule has 1 aliphatic rings. The second-order valence-electron chi connectivity index (χ2n) is 6.83. The molecule has 1 heterocycles. The Hall–Kier alpha value is -2.47. The third-order valence-corrected chi connectivity index (χ3v) is 5.15. The fourth-order valence-electron chi connectivity index (χ4n) is 3.59. The lowest BCUT2D eigenvalue weighted by Crippen LogP contribution is -2.46. The summed E-state index contributed by atoms with van der Waals surface area (Å²) in [5.41, 5.74) is 3.16. The van der Waals surface area contributed by atoms with E-state index in [1.165, 1.54) is 0 Å². The van der Waals surface area contributed by atoms with Crippen LogP contribution in [0.15, 0.2) is 42.6 Å². The number of benzene rings is 1. The summed E-state index contributed by atoms with van der Waals surface area (Å²) in [5, 5.41) is 7.34. The number of hydrogen-bond acceptors (Lipinski definition) is 4. The van der Waals surface area contributed by atoms with Crippen LogP contribution in [0.25, 0.3) is 0 Å². The third kappa shape index (κ3) is 4.45. The van der Waals surface area contributed by atoms with Gasteiger partial charge < -0.3 is 15.4 Å². The highest BCUT2D eigenvalue weighted by Crippen LogP contribution is 2.37. The molecule has 0 amide bonds. The number of carbonyl (C=O) groups is 1. The van der Waals surface area contributed by atoms with Crippen molar-refractivity contribution in [3.63, 3.8) is 0 Å². The lowest BCUT2D eigenvalue weighted by Gasteiger charge is -2.31. The number of hydrogen-bond donors (Lipinski definition) is 2. The highest BCUT2D eigenvalue weighted by atomic mass is 32.1. The average Bonchev–Trinajstić information content (AvgIpc) is 3.14. The molecule has 0 atom stereocenters. The molecular formula is C21H25N3O2S. The normalized spacial score (nSPS) is 15.2. The van der Waals surface area contributed by atoms with Crippen LogP contribution in [0.2, 0.25) is 0 Å². The first-order valence-corrected chi connectivity index (χ1v) is 9.73. The summed E-state index contributed by atoms with van der Waals surface area (Å²) in [6.07, 6.45) is 6.14. The first kappa shape index (κ1) is 19.3. The molecule has 0 bridgehead atoms. The molecule has 1 aliphatic carbocycles. The Morgan fingerprint density at radius 3 is 2.67 bits per heavy atom. The molecule has 6 heteroatoms. The van der Waals surface area contributed by atoms with Crippen LogP contribution in [0.1, 0.15) is 54.2 Å². The molecule has 3 rings (SSSR count). The monoisotopic (exact) mass is 383 g/mol. The van der Waals surface area contributed by atoms with Crippen molar-refractivity contribution in [2.45, 2.75) is 45.1 Å². The van der Waals surface area contributed by atoms with Crippen molar-refractivity contribution in [1.82, 2.24) is 10.3 Å². The van der Waals surface area contributed by atoms with E-state index in [1.54, 1.807) is 13.0 Å². The van der Waals surface area contributed by atoms with Crippen molar-refractivity contribution in [3.8, 4) is 0 Å². The smallest absolute Gasteiger partial charge is 0.338 e. The molecule has 0 radical (unpaired) electrons. The van der Waals surface area contributed by atoms with Gasteiger partial charge in [0.2, 0.25) is 0 Å². The highest BCUT2D eigenvalue weighted by molar-refractivity contribution is 7.80. The van der Waals surface area contributed by atoms with Gasteiger partial charge in [-0.25, -0.2) is 4.79 Å². The van der Waals surface area contributed by atoms with Crippen molar-refractivity contribution in [2.75, 3.05) is 11.9 Å². The zero-order valence-electron chi connectivity index (χ0n) is 15.7. The van der Waals surface area contributed by atoms with Crippen LogP contribution < -0.4 is 10.6 Å². The van der Waals surface area contributed by atoms with Crippen molar-refractivity contribution in [3.05, 3.63) is 59.4 Å². The van der Waals surface area contributed by atoms with Gasteiger partial charge in [-0.1, -0.05) is 18.9 Å². The van der Waals surface area contributed by atoms with Gasteiger partial charge in [0.05, 0.1) is 23.4 Å². The molecule has 0 saturated heterocycles. The number of nitrogens with one attached hydrogen (secondary N) is 2. The zero-order chi connectivity index (χ0) is 19.3. The molecule has 1 aromatic heterocycles. The lowest BCUT2D eigenvalue weighted by atomic mass is 9.93. The molecular weight excluding hydrogens is 358 g/mol. The minimum atomic E-state index is -0.312. The maximum absolute atomic E-state index is 11.9. The number of ether oxygens (including phenoxy) is 1. The number of pyridine rings is 1. The fourth-order valence-corrected chi connectivity index (χ4v) is 3.89. The predicted molar refractivity (Wildman–Crippen MR) is 111 cm³/mol. The van der Waals surface area contributed by atoms with Gasteiger partial charge in [-0.15, -0.1) is 0 Å². The minimum absolute atomic E-state index is 0.218. The molecule has 0 spiro atoms. The first-order chi connectivity index (χ1) is 13.0. The molecule has 0 unspecified atom stereocenters. The Bertz CT molecular complexity index is 817. The number of carbonyl (C=O) groups excluding carboxylic acids is 1. The molecule has 0 aliphatic heterocycles. The predicted octanol–water partition coefficient (Wildman–Crippen LogP) is 4.32. The first-order valence-electron chi connectivity index (χ1n) is 9.32. The topological polar surface area (TPSA) is 63.2 Å². The highest BCUT2D eigenvalue weighted by Gasteiger charge is 2.37. The Morgan fingerprint density at radius 1 is 1.26 bits per heavy atom. The Balaban J connectivity index is 1.72. The average molecular weight is 384 g/mol. The molecule has 1 aromatic carbocycles. The van der Waals surface area contributed by atoms with Crippen LogP contribution >= 0.6 is 12.2 Å². The van der Waals surface area contributed by atoms with Crippen LogP contribution in [0.4, 0.5) is 5.69 Å². The van der Waals surface area contributed by atoms with E-state index < -0.39 is 0 Å². The van der Waals surface area contributed by atoms with Gasteiger partial charge in [0.1, 0.15) is 0 Å².